The fraction of sp³-hybridized carbons (Fsp3) is 0.600. The Morgan fingerprint density at radius 2 is 1.95 bits per heavy atom. The largest absolute Gasteiger partial charge is 0.497 e. The van der Waals surface area contributed by atoms with Crippen LogP contribution in [-0.4, -0.2) is 31.9 Å². The summed E-state index contributed by atoms with van der Waals surface area (Å²) in [5.41, 5.74) is 0.761. The van der Waals surface area contributed by atoms with Crippen LogP contribution in [-0.2, 0) is 0 Å². The lowest BCUT2D eigenvalue weighted by atomic mass is 9.99. The minimum Gasteiger partial charge on any atom is -0.497 e. The molecule has 2 N–H and O–H groups in total. The van der Waals surface area contributed by atoms with Crippen LogP contribution in [0.5, 0.6) is 11.5 Å². The highest BCUT2D eigenvalue weighted by atomic mass is 16.5. The molecule has 0 heterocycles. The van der Waals surface area contributed by atoms with E-state index in [0.29, 0.717) is 5.75 Å². The normalized spacial score (nSPS) is 13.9. The lowest BCUT2D eigenvalue weighted by Gasteiger charge is -2.25. The highest BCUT2D eigenvalue weighted by Crippen LogP contribution is 2.31. The molecule has 0 amide bonds. The van der Waals surface area contributed by atoms with E-state index in [9.17, 15) is 5.11 Å². The van der Waals surface area contributed by atoms with Crippen LogP contribution < -0.4 is 14.8 Å². The maximum Gasteiger partial charge on any atom is 0.124 e. The Bertz CT molecular complexity index is 382. The van der Waals surface area contributed by atoms with Crippen molar-refractivity contribution in [3.63, 3.8) is 0 Å². The molecule has 0 bridgehead atoms. The third-order valence-electron chi connectivity index (χ3n) is 3.23. The molecule has 19 heavy (non-hydrogen) atoms. The molecule has 108 valence electrons. The van der Waals surface area contributed by atoms with Crippen LogP contribution in [0.3, 0.4) is 0 Å². The van der Waals surface area contributed by atoms with Crippen LogP contribution in [0.1, 0.15) is 38.4 Å². The number of rotatable bonds is 8. The lowest BCUT2D eigenvalue weighted by molar-refractivity contribution is 0.123. The molecule has 0 radical (unpaired) electrons. The molecule has 0 aliphatic carbocycles. The van der Waals surface area contributed by atoms with Crippen LogP contribution in [0.4, 0.5) is 0 Å². The molecule has 0 saturated carbocycles. The van der Waals surface area contributed by atoms with Crippen LogP contribution in [0.25, 0.3) is 0 Å². The smallest absolute Gasteiger partial charge is 0.124 e. The van der Waals surface area contributed by atoms with Gasteiger partial charge in [-0.1, -0.05) is 13.8 Å². The van der Waals surface area contributed by atoms with E-state index >= 15 is 0 Å². The Kier molecular flexibility index (Phi) is 6.67. The average Bonchev–Trinajstić information content (AvgIpc) is 2.47. The average molecular weight is 267 g/mol. The zero-order chi connectivity index (χ0) is 14.3. The van der Waals surface area contributed by atoms with E-state index in [1.807, 2.05) is 18.2 Å². The van der Waals surface area contributed by atoms with Crippen LogP contribution in [0.15, 0.2) is 18.2 Å². The Labute approximate surface area is 115 Å². The highest BCUT2D eigenvalue weighted by Gasteiger charge is 2.22. The molecule has 0 saturated heterocycles. The second kappa shape index (κ2) is 8.02. The van der Waals surface area contributed by atoms with Gasteiger partial charge in [-0.2, -0.15) is 0 Å². The quantitative estimate of drug-likeness (QED) is 0.760. The van der Waals surface area contributed by atoms with Gasteiger partial charge in [0, 0.05) is 11.6 Å². The van der Waals surface area contributed by atoms with Gasteiger partial charge in [0.25, 0.3) is 0 Å². The molecule has 0 aliphatic heterocycles. The Balaban J connectivity index is 2.97. The highest BCUT2D eigenvalue weighted by molar-refractivity contribution is 5.42. The van der Waals surface area contributed by atoms with Gasteiger partial charge in [-0.15, -0.1) is 0 Å². The van der Waals surface area contributed by atoms with E-state index in [2.05, 4.69) is 19.2 Å². The van der Waals surface area contributed by atoms with Gasteiger partial charge in [0.2, 0.25) is 0 Å². The topological polar surface area (TPSA) is 50.7 Å². The van der Waals surface area contributed by atoms with E-state index in [0.717, 1.165) is 30.7 Å². The Hall–Kier alpha value is -1.26. The van der Waals surface area contributed by atoms with Crippen molar-refractivity contribution in [1.29, 1.82) is 0 Å². The zero-order valence-electron chi connectivity index (χ0n) is 12.3. The Morgan fingerprint density at radius 1 is 1.21 bits per heavy atom. The van der Waals surface area contributed by atoms with Crippen LogP contribution >= 0.6 is 0 Å². The van der Waals surface area contributed by atoms with Crippen molar-refractivity contribution in [2.24, 2.45) is 0 Å². The predicted octanol–water partition coefficient (Wildman–Crippen LogP) is 2.52. The third-order valence-corrected chi connectivity index (χ3v) is 3.23. The van der Waals surface area contributed by atoms with Gasteiger partial charge in [0.15, 0.2) is 0 Å². The lowest BCUT2D eigenvalue weighted by Crippen LogP contribution is -2.35. The molecule has 4 nitrogen and oxygen atoms in total. The van der Waals surface area contributed by atoms with Crippen molar-refractivity contribution in [1.82, 2.24) is 5.32 Å². The van der Waals surface area contributed by atoms with Gasteiger partial charge < -0.3 is 19.9 Å². The molecule has 1 aromatic rings. The summed E-state index contributed by atoms with van der Waals surface area (Å²) in [6, 6.07) is 5.50. The minimum absolute atomic E-state index is 0.0148. The fourth-order valence-electron chi connectivity index (χ4n) is 2.10. The summed E-state index contributed by atoms with van der Waals surface area (Å²) in [6.07, 6.45) is 1.28. The summed E-state index contributed by atoms with van der Waals surface area (Å²) < 4.78 is 10.5. The van der Waals surface area contributed by atoms with E-state index in [4.69, 9.17) is 9.47 Å². The number of nitrogens with one attached hydrogen (secondary N) is 1. The first-order valence-electron chi connectivity index (χ1n) is 6.81. The fourth-order valence-corrected chi connectivity index (χ4v) is 2.10. The molecular formula is C15H25NO3. The first kappa shape index (κ1) is 15.8. The summed E-state index contributed by atoms with van der Waals surface area (Å²) in [5, 5.41) is 13.9. The first-order chi connectivity index (χ1) is 9.17. The number of aliphatic hydroxyl groups excluding tert-OH is 1. The maximum absolute atomic E-state index is 10.5. The van der Waals surface area contributed by atoms with E-state index in [1.54, 1.807) is 14.2 Å². The summed E-state index contributed by atoms with van der Waals surface area (Å²) in [5.74, 6) is 1.41. The van der Waals surface area contributed by atoms with Gasteiger partial charge in [0.1, 0.15) is 11.5 Å². The monoisotopic (exact) mass is 267 g/mol. The van der Waals surface area contributed by atoms with Gasteiger partial charge in [-0.05, 0) is 37.6 Å². The second-order valence-corrected chi connectivity index (χ2v) is 4.52. The van der Waals surface area contributed by atoms with Crippen LogP contribution in [0, 0.1) is 0 Å². The summed E-state index contributed by atoms with van der Waals surface area (Å²) in [7, 11) is 3.23. The number of benzene rings is 1. The number of aliphatic hydroxyl groups is 1. The van der Waals surface area contributed by atoms with Gasteiger partial charge in [-0.3, -0.25) is 0 Å². The third kappa shape index (κ3) is 4.11. The van der Waals surface area contributed by atoms with Crippen molar-refractivity contribution in [2.45, 2.75) is 38.8 Å². The molecule has 4 heteroatoms. The van der Waals surface area contributed by atoms with Crippen molar-refractivity contribution in [3.05, 3.63) is 23.8 Å². The molecular weight excluding hydrogens is 242 g/mol. The zero-order valence-corrected chi connectivity index (χ0v) is 12.3. The molecule has 0 aliphatic rings. The first-order valence-corrected chi connectivity index (χ1v) is 6.81. The van der Waals surface area contributed by atoms with Crippen molar-refractivity contribution in [3.8, 4) is 11.5 Å². The second-order valence-electron chi connectivity index (χ2n) is 4.52. The molecule has 0 aromatic heterocycles. The van der Waals surface area contributed by atoms with E-state index in [1.165, 1.54) is 0 Å². The molecule has 0 spiro atoms. The SMILES string of the molecule is CCCNC(CC)C(O)c1cc(OC)ccc1OC. The number of hydrogen-bond donors (Lipinski definition) is 2. The minimum atomic E-state index is -0.610. The standard InChI is InChI=1S/C15H25NO3/c1-5-9-16-13(6-2)15(17)12-10-11(18-3)7-8-14(12)19-4/h7-8,10,13,15-17H,5-6,9H2,1-4H3. The summed E-state index contributed by atoms with van der Waals surface area (Å²) >= 11 is 0. The molecule has 1 rings (SSSR count). The number of methoxy groups -OCH3 is 2. The van der Waals surface area contributed by atoms with Crippen molar-refractivity contribution in [2.75, 3.05) is 20.8 Å². The van der Waals surface area contributed by atoms with Crippen molar-refractivity contribution >= 4 is 0 Å². The summed E-state index contributed by atoms with van der Waals surface area (Å²) in [4.78, 5) is 0. The van der Waals surface area contributed by atoms with Gasteiger partial charge in [-0.25, -0.2) is 0 Å². The van der Waals surface area contributed by atoms with Crippen LogP contribution in [0.2, 0.25) is 0 Å². The van der Waals surface area contributed by atoms with E-state index < -0.39 is 6.10 Å². The van der Waals surface area contributed by atoms with E-state index in [-0.39, 0.29) is 6.04 Å². The molecule has 2 unspecified atom stereocenters. The molecule has 1 aromatic carbocycles. The van der Waals surface area contributed by atoms with Gasteiger partial charge >= 0.3 is 0 Å². The number of hydrogen-bond acceptors (Lipinski definition) is 4. The molecule has 2 atom stereocenters. The predicted molar refractivity (Wildman–Crippen MR) is 76.9 cm³/mol. The number of ether oxygens (including phenoxy) is 2. The van der Waals surface area contributed by atoms with Crippen molar-refractivity contribution < 1.29 is 14.6 Å². The van der Waals surface area contributed by atoms with Gasteiger partial charge in [0.05, 0.1) is 20.3 Å². The molecule has 0 fully saturated rings. The summed E-state index contributed by atoms with van der Waals surface area (Å²) in [6.45, 7) is 5.06. The Morgan fingerprint density at radius 3 is 2.47 bits per heavy atom. The maximum atomic E-state index is 10.5.